The summed E-state index contributed by atoms with van der Waals surface area (Å²) in [5, 5.41) is 0.525. The number of halogens is 3. The summed E-state index contributed by atoms with van der Waals surface area (Å²) < 4.78 is 37.8. The highest BCUT2D eigenvalue weighted by Crippen LogP contribution is 2.32. The molecule has 0 aliphatic carbocycles. The van der Waals surface area contributed by atoms with E-state index in [4.69, 9.17) is 0 Å². The summed E-state index contributed by atoms with van der Waals surface area (Å²) in [6, 6.07) is 6.59. The van der Waals surface area contributed by atoms with Crippen LogP contribution in [0.5, 0.6) is 0 Å². The lowest BCUT2D eigenvalue weighted by molar-refractivity contribution is -0.137. The summed E-state index contributed by atoms with van der Waals surface area (Å²) in [6.07, 6.45) is -3.47. The van der Waals surface area contributed by atoms with Crippen molar-refractivity contribution in [2.45, 2.75) is 32.4 Å². The van der Waals surface area contributed by atoms with E-state index in [9.17, 15) is 13.2 Å². The first kappa shape index (κ1) is 12.9. The Morgan fingerprint density at radius 2 is 1.56 bits per heavy atom. The van der Waals surface area contributed by atoms with Crippen LogP contribution in [0.3, 0.4) is 0 Å². The summed E-state index contributed by atoms with van der Waals surface area (Å²) in [5.74, 6) is 0. The predicted molar refractivity (Wildman–Crippen MR) is 65.4 cm³/mol. The highest BCUT2D eigenvalue weighted by atomic mass is 19.4. The molecule has 0 saturated carbocycles. The Bertz CT molecular complexity index is 531. The van der Waals surface area contributed by atoms with Crippen molar-refractivity contribution in [3.8, 4) is 0 Å². The molecule has 0 unspecified atom stereocenters. The number of rotatable bonds is 0. The van der Waals surface area contributed by atoms with Gasteiger partial charge in [-0.3, -0.25) is 4.98 Å². The van der Waals surface area contributed by atoms with Crippen LogP contribution in [0.15, 0.2) is 30.5 Å². The van der Waals surface area contributed by atoms with E-state index in [2.05, 4.69) is 4.98 Å². The van der Waals surface area contributed by atoms with E-state index in [0.29, 0.717) is 10.9 Å². The first-order valence-corrected chi connectivity index (χ1v) is 5.65. The van der Waals surface area contributed by atoms with E-state index in [-0.39, 0.29) is 5.41 Å². The molecule has 0 aliphatic heterocycles. The number of hydrogen-bond acceptors (Lipinski definition) is 1. The second kappa shape index (κ2) is 3.97. The topological polar surface area (TPSA) is 12.9 Å². The molecule has 1 nitrogen and oxygen atoms in total. The van der Waals surface area contributed by atoms with E-state index in [1.54, 1.807) is 12.1 Å². The summed E-state index contributed by atoms with van der Waals surface area (Å²) in [6.45, 7) is 6.07. The summed E-state index contributed by atoms with van der Waals surface area (Å²) in [5.41, 5.74) is 0.774. The van der Waals surface area contributed by atoms with Crippen LogP contribution < -0.4 is 0 Å². The van der Waals surface area contributed by atoms with Crippen LogP contribution >= 0.6 is 0 Å². The fourth-order valence-corrected chi connectivity index (χ4v) is 1.75. The third-order valence-electron chi connectivity index (χ3n) is 2.87. The Hall–Kier alpha value is -1.58. The summed E-state index contributed by atoms with van der Waals surface area (Å²) in [7, 11) is 0. The van der Waals surface area contributed by atoms with Crippen molar-refractivity contribution in [1.29, 1.82) is 0 Å². The van der Waals surface area contributed by atoms with Gasteiger partial charge < -0.3 is 0 Å². The molecule has 1 heterocycles. The predicted octanol–water partition coefficient (Wildman–Crippen LogP) is 4.55. The van der Waals surface area contributed by atoms with Gasteiger partial charge in [0, 0.05) is 11.6 Å². The Labute approximate surface area is 104 Å². The lowest BCUT2D eigenvalue weighted by atomic mass is 9.86. The zero-order chi connectivity index (χ0) is 13.6. The first-order chi connectivity index (χ1) is 8.18. The van der Waals surface area contributed by atoms with Crippen molar-refractivity contribution >= 4 is 10.9 Å². The molecular formula is C14H14F3N. The standard InChI is InChI=1S/C14H14F3N/c1-13(2,3)10-4-5-12-9(6-10)7-11(8-18-12)14(15,16)17/h4-8H,1-3H3. The van der Waals surface area contributed by atoms with Crippen molar-refractivity contribution < 1.29 is 13.2 Å². The van der Waals surface area contributed by atoms with Gasteiger partial charge in [-0.05, 0) is 29.2 Å². The molecule has 1 aromatic heterocycles. The van der Waals surface area contributed by atoms with Gasteiger partial charge in [0.05, 0.1) is 11.1 Å². The van der Waals surface area contributed by atoms with Crippen LogP contribution in [0.25, 0.3) is 10.9 Å². The average molecular weight is 253 g/mol. The van der Waals surface area contributed by atoms with Gasteiger partial charge in [0.1, 0.15) is 0 Å². The largest absolute Gasteiger partial charge is 0.417 e. The molecule has 0 bridgehead atoms. The molecule has 0 N–H and O–H groups in total. The number of benzene rings is 1. The van der Waals surface area contributed by atoms with Crippen molar-refractivity contribution in [3.05, 3.63) is 41.6 Å². The molecule has 0 fully saturated rings. The Kier molecular flexibility index (Phi) is 2.84. The van der Waals surface area contributed by atoms with Crippen molar-refractivity contribution in [3.63, 3.8) is 0 Å². The number of aromatic nitrogens is 1. The SMILES string of the molecule is CC(C)(C)c1ccc2ncc(C(F)(F)F)cc2c1. The summed E-state index contributed by atoms with van der Waals surface area (Å²) >= 11 is 0. The van der Waals surface area contributed by atoms with Gasteiger partial charge in [-0.25, -0.2) is 0 Å². The van der Waals surface area contributed by atoms with Gasteiger partial charge in [-0.15, -0.1) is 0 Å². The van der Waals surface area contributed by atoms with Gasteiger partial charge in [-0.2, -0.15) is 13.2 Å². The molecule has 96 valence electrons. The molecule has 4 heteroatoms. The maximum absolute atomic E-state index is 12.6. The average Bonchev–Trinajstić information content (AvgIpc) is 2.25. The third-order valence-corrected chi connectivity index (χ3v) is 2.87. The Morgan fingerprint density at radius 3 is 2.11 bits per heavy atom. The van der Waals surface area contributed by atoms with Gasteiger partial charge in [0.2, 0.25) is 0 Å². The fraction of sp³-hybridized carbons (Fsp3) is 0.357. The normalized spacial score (nSPS) is 13.0. The Balaban J connectivity index is 2.61. The molecule has 0 saturated heterocycles. The van der Waals surface area contributed by atoms with Crippen LogP contribution in [0.2, 0.25) is 0 Å². The molecule has 0 atom stereocenters. The lowest BCUT2D eigenvalue weighted by Gasteiger charge is -2.19. The van der Waals surface area contributed by atoms with Crippen LogP contribution in [-0.2, 0) is 11.6 Å². The van der Waals surface area contributed by atoms with E-state index >= 15 is 0 Å². The lowest BCUT2D eigenvalue weighted by Crippen LogP contribution is -2.11. The Morgan fingerprint density at radius 1 is 0.944 bits per heavy atom. The van der Waals surface area contributed by atoms with Gasteiger partial charge in [-0.1, -0.05) is 26.8 Å². The highest BCUT2D eigenvalue weighted by Gasteiger charge is 2.31. The van der Waals surface area contributed by atoms with Gasteiger partial charge in [0.15, 0.2) is 0 Å². The van der Waals surface area contributed by atoms with E-state index in [1.807, 2.05) is 26.8 Å². The number of hydrogen-bond donors (Lipinski definition) is 0. The van der Waals surface area contributed by atoms with Crippen LogP contribution in [-0.4, -0.2) is 4.98 Å². The second-order valence-electron chi connectivity index (χ2n) is 5.38. The quantitative estimate of drug-likeness (QED) is 0.671. The van der Waals surface area contributed by atoms with Crippen LogP contribution in [0, 0.1) is 0 Å². The minimum absolute atomic E-state index is 0.0948. The van der Waals surface area contributed by atoms with E-state index in [0.717, 1.165) is 17.8 Å². The van der Waals surface area contributed by atoms with E-state index in [1.165, 1.54) is 0 Å². The minimum atomic E-state index is -4.35. The number of pyridine rings is 1. The maximum atomic E-state index is 12.6. The number of alkyl halides is 3. The molecule has 0 amide bonds. The van der Waals surface area contributed by atoms with E-state index < -0.39 is 11.7 Å². The molecule has 18 heavy (non-hydrogen) atoms. The highest BCUT2D eigenvalue weighted by molar-refractivity contribution is 5.80. The monoisotopic (exact) mass is 253 g/mol. The third kappa shape index (κ3) is 2.47. The molecule has 1 aromatic carbocycles. The zero-order valence-corrected chi connectivity index (χ0v) is 10.5. The molecule has 2 rings (SSSR count). The summed E-state index contributed by atoms with van der Waals surface area (Å²) in [4.78, 5) is 3.85. The molecule has 0 spiro atoms. The number of nitrogens with zero attached hydrogens (tertiary/aromatic N) is 1. The molecular weight excluding hydrogens is 239 g/mol. The van der Waals surface area contributed by atoms with Crippen LogP contribution in [0.4, 0.5) is 13.2 Å². The molecule has 2 aromatic rings. The zero-order valence-electron chi connectivity index (χ0n) is 10.5. The first-order valence-electron chi connectivity index (χ1n) is 5.65. The molecule has 0 radical (unpaired) electrons. The smallest absolute Gasteiger partial charge is 0.256 e. The molecule has 0 aliphatic rings. The fourth-order valence-electron chi connectivity index (χ4n) is 1.75. The van der Waals surface area contributed by atoms with Crippen LogP contribution in [0.1, 0.15) is 31.9 Å². The van der Waals surface area contributed by atoms with Crippen molar-refractivity contribution in [2.24, 2.45) is 0 Å². The number of fused-ring (bicyclic) bond motifs is 1. The maximum Gasteiger partial charge on any atom is 0.417 e. The second-order valence-corrected chi connectivity index (χ2v) is 5.38. The van der Waals surface area contributed by atoms with Crippen molar-refractivity contribution in [2.75, 3.05) is 0 Å². The minimum Gasteiger partial charge on any atom is -0.256 e. The van der Waals surface area contributed by atoms with Gasteiger partial charge in [0.25, 0.3) is 0 Å². The van der Waals surface area contributed by atoms with Gasteiger partial charge >= 0.3 is 6.18 Å². The van der Waals surface area contributed by atoms with Crippen molar-refractivity contribution in [1.82, 2.24) is 4.98 Å².